The van der Waals surface area contributed by atoms with E-state index in [4.69, 9.17) is 4.74 Å². The number of ether oxygens (including phenoxy) is 1. The minimum atomic E-state index is -0.124. The van der Waals surface area contributed by atoms with Crippen LogP contribution in [0.15, 0.2) is 72.8 Å². The molecule has 3 aromatic rings. The molecule has 182 valence electrons. The number of carbonyl (C=O) groups excluding carboxylic acids is 2. The monoisotopic (exact) mass is 488 g/mol. The highest BCUT2D eigenvalue weighted by atomic mass is 32.2. The average Bonchev–Trinajstić information content (AvgIpc) is 3.28. The quantitative estimate of drug-likeness (QED) is 0.317. The van der Waals surface area contributed by atoms with Crippen LogP contribution in [0.4, 0.5) is 11.4 Å². The molecule has 0 aliphatic carbocycles. The topological polar surface area (TPSA) is 58.6 Å². The summed E-state index contributed by atoms with van der Waals surface area (Å²) in [6, 6.07) is 23.2. The average molecular weight is 489 g/mol. The van der Waals surface area contributed by atoms with Crippen LogP contribution in [0.3, 0.4) is 0 Å². The van der Waals surface area contributed by atoms with Crippen molar-refractivity contribution in [2.45, 2.75) is 44.4 Å². The second-order valence-electron chi connectivity index (χ2n) is 8.71. The predicted octanol–water partition coefficient (Wildman–Crippen LogP) is 6.85. The lowest BCUT2D eigenvalue weighted by molar-refractivity contribution is -0.115. The van der Waals surface area contributed by atoms with Crippen LogP contribution < -0.4 is 15.0 Å². The number of amides is 2. The van der Waals surface area contributed by atoms with Crippen molar-refractivity contribution < 1.29 is 14.3 Å². The third-order valence-corrected chi connectivity index (χ3v) is 7.42. The molecule has 1 fully saturated rings. The molecule has 0 saturated carbocycles. The van der Waals surface area contributed by atoms with Crippen molar-refractivity contribution in [2.75, 3.05) is 23.1 Å². The normalized spacial score (nSPS) is 15.3. The van der Waals surface area contributed by atoms with Crippen molar-refractivity contribution in [3.8, 4) is 5.75 Å². The number of hydrogen-bond acceptors (Lipinski definition) is 4. The maximum Gasteiger partial charge on any atom is 0.255 e. The molecule has 1 heterocycles. The highest BCUT2D eigenvalue weighted by molar-refractivity contribution is 8.00. The zero-order chi connectivity index (χ0) is 24.6. The highest BCUT2D eigenvalue weighted by Gasteiger charge is 2.34. The summed E-state index contributed by atoms with van der Waals surface area (Å²) in [4.78, 5) is 27.2. The van der Waals surface area contributed by atoms with E-state index in [-0.39, 0.29) is 17.2 Å². The molecule has 1 unspecified atom stereocenters. The van der Waals surface area contributed by atoms with Gasteiger partial charge < -0.3 is 10.1 Å². The Balaban J connectivity index is 1.38. The van der Waals surface area contributed by atoms with Crippen LogP contribution in [0.5, 0.6) is 5.75 Å². The molecule has 35 heavy (non-hydrogen) atoms. The second kappa shape index (κ2) is 11.9. The number of methoxy groups -OCH3 is 1. The Labute approximate surface area is 211 Å². The molecule has 0 bridgehead atoms. The summed E-state index contributed by atoms with van der Waals surface area (Å²) in [6.45, 7) is 2.22. The molecule has 6 heteroatoms. The third-order valence-electron chi connectivity index (χ3n) is 6.21. The summed E-state index contributed by atoms with van der Waals surface area (Å²) in [5.74, 6) is 1.15. The first kappa shape index (κ1) is 24.9. The largest absolute Gasteiger partial charge is 0.497 e. The highest BCUT2D eigenvalue weighted by Crippen LogP contribution is 2.42. The summed E-state index contributed by atoms with van der Waals surface area (Å²) in [5.41, 5.74) is 4.51. The van der Waals surface area contributed by atoms with Crippen LogP contribution in [0.25, 0.3) is 0 Å². The molecule has 1 aliphatic heterocycles. The van der Waals surface area contributed by atoms with E-state index in [1.165, 1.54) is 31.2 Å². The molecule has 4 rings (SSSR count). The molecular formula is C29H32N2O3S. The number of benzene rings is 3. The van der Waals surface area contributed by atoms with E-state index in [1.807, 2.05) is 77.7 Å². The number of rotatable bonds is 10. The van der Waals surface area contributed by atoms with Gasteiger partial charge in [0.1, 0.15) is 11.1 Å². The number of aryl methyl sites for hydroxylation is 1. The second-order valence-corrected chi connectivity index (χ2v) is 9.78. The fourth-order valence-electron chi connectivity index (χ4n) is 4.21. The van der Waals surface area contributed by atoms with Crippen LogP contribution >= 0.6 is 11.8 Å². The van der Waals surface area contributed by atoms with Crippen molar-refractivity contribution >= 4 is 35.0 Å². The van der Waals surface area contributed by atoms with Crippen molar-refractivity contribution in [3.63, 3.8) is 0 Å². The van der Waals surface area contributed by atoms with Gasteiger partial charge in [-0.05, 0) is 72.5 Å². The molecule has 1 aliphatic rings. The number of unbranched alkanes of at least 4 members (excludes halogenated alkanes) is 3. The zero-order valence-electron chi connectivity index (χ0n) is 20.3. The molecular weight excluding hydrogens is 456 g/mol. The van der Waals surface area contributed by atoms with E-state index in [0.29, 0.717) is 11.3 Å². The Hall–Kier alpha value is -3.25. The molecule has 0 aromatic heterocycles. The van der Waals surface area contributed by atoms with Gasteiger partial charge in [-0.1, -0.05) is 50.5 Å². The Morgan fingerprint density at radius 3 is 2.34 bits per heavy atom. The van der Waals surface area contributed by atoms with Crippen LogP contribution in [0.1, 0.15) is 59.5 Å². The lowest BCUT2D eigenvalue weighted by Crippen LogP contribution is -2.27. The van der Waals surface area contributed by atoms with E-state index in [9.17, 15) is 9.59 Å². The minimum absolute atomic E-state index is 0.0800. The summed E-state index contributed by atoms with van der Waals surface area (Å²) < 4.78 is 5.23. The Kier molecular flexibility index (Phi) is 8.48. The maximum absolute atomic E-state index is 12.7. The smallest absolute Gasteiger partial charge is 0.255 e. The van der Waals surface area contributed by atoms with Crippen molar-refractivity contribution in [3.05, 3.63) is 89.5 Å². The van der Waals surface area contributed by atoms with Crippen LogP contribution in [0, 0.1) is 0 Å². The van der Waals surface area contributed by atoms with Gasteiger partial charge in [0.25, 0.3) is 5.91 Å². The van der Waals surface area contributed by atoms with Gasteiger partial charge in [-0.25, -0.2) is 0 Å². The molecule has 0 radical (unpaired) electrons. The molecule has 1 N–H and O–H groups in total. The van der Waals surface area contributed by atoms with E-state index >= 15 is 0 Å². The number of thioether (sulfide) groups is 1. The number of carbonyl (C=O) groups is 2. The fourth-order valence-corrected chi connectivity index (χ4v) is 5.38. The SMILES string of the molecule is CCCCCCc1ccc(C(=O)Nc2ccc(C3SCC(=O)N3c3ccc(OC)cc3)cc2)cc1. The molecule has 1 atom stereocenters. The van der Waals surface area contributed by atoms with Crippen molar-refractivity contribution in [1.82, 2.24) is 0 Å². The first-order chi connectivity index (χ1) is 17.1. The lowest BCUT2D eigenvalue weighted by Gasteiger charge is -2.24. The molecule has 5 nitrogen and oxygen atoms in total. The summed E-state index contributed by atoms with van der Waals surface area (Å²) >= 11 is 1.60. The Bertz CT molecular complexity index is 1130. The van der Waals surface area contributed by atoms with Crippen molar-refractivity contribution in [1.29, 1.82) is 0 Å². The number of nitrogens with zero attached hydrogens (tertiary/aromatic N) is 1. The maximum atomic E-state index is 12.7. The van der Waals surface area contributed by atoms with Gasteiger partial charge in [0, 0.05) is 16.9 Å². The molecule has 1 saturated heterocycles. The first-order valence-electron chi connectivity index (χ1n) is 12.2. The fraction of sp³-hybridized carbons (Fsp3) is 0.310. The van der Waals surface area contributed by atoms with Crippen molar-refractivity contribution in [2.24, 2.45) is 0 Å². The van der Waals surface area contributed by atoms with E-state index in [1.54, 1.807) is 18.9 Å². The third kappa shape index (κ3) is 6.25. The number of anilines is 2. The zero-order valence-corrected chi connectivity index (χ0v) is 21.1. The van der Waals surface area contributed by atoms with E-state index in [2.05, 4.69) is 12.2 Å². The van der Waals surface area contributed by atoms with Gasteiger partial charge in [-0.15, -0.1) is 11.8 Å². The van der Waals surface area contributed by atoms with E-state index < -0.39 is 0 Å². The van der Waals surface area contributed by atoms with Gasteiger partial charge in [-0.2, -0.15) is 0 Å². The first-order valence-corrected chi connectivity index (χ1v) is 13.2. The number of nitrogens with one attached hydrogen (secondary N) is 1. The molecule has 3 aromatic carbocycles. The number of hydrogen-bond donors (Lipinski definition) is 1. The van der Waals surface area contributed by atoms with Crippen LogP contribution in [-0.2, 0) is 11.2 Å². The standard InChI is InChI=1S/C29H32N2O3S/c1-3-4-5-6-7-21-8-10-22(11-9-21)28(33)30-24-14-12-23(13-15-24)29-31(27(32)20-35-29)25-16-18-26(34-2)19-17-25/h8-19,29H,3-7,20H2,1-2H3,(H,30,33). The van der Waals surface area contributed by atoms with E-state index in [0.717, 1.165) is 29.1 Å². The molecule has 0 spiro atoms. The Morgan fingerprint density at radius 1 is 0.971 bits per heavy atom. The Morgan fingerprint density at radius 2 is 1.69 bits per heavy atom. The van der Waals surface area contributed by atoms with Gasteiger partial charge in [0.05, 0.1) is 12.9 Å². The summed E-state index contributed by atoms with van der Waals surface area (Å²) in [6.07, 6.45) is 6.00. The van der Waals surface area contributed by atoms with Gasteiger partial charge in [-0.3, -0.25) is 14.5 Å². The lowest BCUT2D eigenvalue weighted by atomic mass is 10.0. The van der Waals surface area contributed by atoms with Gasteiger partial charge >= 0.3 is 0 Å². The molecule has 2 amide bonds. The summed E-state index contributed by atoms with van der Waals surface area (Å²) in [5, 5.41) is 2.87. The van der Waals surface area contributed by atoms with Crippen LogP contribution in [-0.4, -0.2) is 24.7 Å². The summed E-state index contributed by atoms with van der Waals surface area (Å²) in [7, 11) is 1.62. The predicted molar refractivity (Wildman–Crippen MR) is 144 cm³/mol. The van der Waals surface area contributed by atoms with Gasteiger partial charge in [0.2, 0.25) is 5.91 Å². The van der Waals surface area contributed by atoms with Gasteiger partial charge in [0.15, 0.2) is 0 Å². The minimum Gasteiger partial charge on any atom is -0.497 e. The van der Waals surface area contributed by atoms with Crippen LogP contribution in [0.2, 0.25) is 0 Å².